The second-order valence-corrected chi connectivity index (χ2v) is 8.65. The van der Waals surface area contributed by atoms with Crippen molar-refractivity contribution in [2.45, 2.75) is 17.5 Å². The van der Waals surface area contributed by atoms with Crippen molar-refractivity contribution in [2.24, 2.45) is 0 Å². The molecular weight excluding hydrogens is 467 g/mol. The van der Waals surface area contributed by atoms with E-state index in [0.717, 1.165) is 23.1 Å². The topological polar surface area (TPSA) is 122 Å². The smallest absolute Gasteiger partial charge is 0.416 e. The van der Waals surface area contributed by atoms with E-state index in [1.165, 1.54) is 0 Å². The molecule has 9 nitrogen and oxygen atoms in total. The summed E-state index contributed by atoms with van der Waals surface area (Å²) in [7, 11) is -4.30. The molecule has 0 unspecified atom stereocenters. The van der Waals surface area contributed by atoms with Gasteiger partial charge in [-0.05, 0) is 30.3 Å². The van der Waals surface area contributed by atoms with Crippen LogP contribution in [0.3, 0.4) is 0 Å². The molecule has 176 valence electrons. The Morgan fingerprint density at radius 3 is 2.58 bits per heavy atom. The molecule has 0 spiro atoms. The number of para-hydroxylation sites is 2. The van der Waals surface area contributed by atoms with Gasteiger partial charge in [-0.15, -0.1) is 0 Å². The predicted octanol–water partition coefficient (Wildman–Crippen LogP) is 1.90. The molecule has 2 N–H and O–H groups in total. The first-order chi connectivity index (χ1) is 15.5. The molecule has 3 rings (SSSR count). The molecule has 0 aromatic heterocycles. The minimum absolute atomic E-state index is 0.260. The van der Waals surface area contributed by atoms with E-state index < -0.39 is 64.0 Å². The zero-order chi connectivity index (χ0) is 24.2. The minimum atomic E-state index is -4.71. The molecule has 1 aliphatic rings. The molecule has 2 aromatic carbocycles. The maximum Gasteiger partial charge on any atom is 0.416 e. The van der Waals surface area contributed by atoms with Crippen LogP contribution >= 0.6 is 0 Å². The van der Waals surface area contributed by atoms with E-state index in [9.17, 15) is 36.0 Å². The Morgan fingerprint density at radius 1 is 1.12 bits per heavy atom. The number of carbonyl (C=O) groups is 3. The van der Waals surface area contributed by atoms with Crippen molar-refractivity contribution in [1.29, 1.82) is 0 Å². The maximum atomic E-state index is 12.8. The Hall–Kier alpha value is -3.45. The van der Waals surface area contributed by atoms with E-state index in [0.29, 0.717) is 17.4 Å². The van der Waals surface area contributed by atoms with Gasteiger partial charge in [-0.2, -0.15) is 13.2 Å². The first kappa shape index (κ1) is 24.2. The Kier molecular flexibility index (Phi) is 7.03. The Balaban J connectivity index is 1.51. The summed E-state index contributed by atoms with van der Waals surface area (Å²) in [5, 5.41) is 2.61. The maximum absolute atomic E-state index is 12.8. The number of hydrogen-bond donors (Lipinski definition) is 2. The van der Waals surface area contributed by atoms with Gasteiger partial charge in [0.15, 0.2) is 6.61 Å². The highest BCUT2D eigenvalue weighted by atomic mass is 32.2. The molecule has 0 fully saturated rings. The third-order valence-electron chi connectivity index (χ3n) is 4.52. The summed E-state index contributed by atoms with van der Waals surface area (Å²) in [6, 6.07) is 9.71. The zero-order valence-electron chi connectivity index (χ0n) is 16.9. The highest BCUT2D eigenvalue weighted by Gasteiger charge is 2.32. The standard InChI is InChI=1S/C20H18F3N3O6S/c21-20(22,23)13-4-3-5-14(10-13)33(30,31)24-9-8-19(29)32-12-18(28)26-11-17(27)25-15-6-1-2-7-16(15)26/h1-7,10,24H,8-9,11-12H2,(H,25,27). The number of rotatable bonds is 7. The quantitative estimate of drug-likeness (QED) is 0.578. The van der Waals surface area contributed by atoms with Gasteiger partial charge in [0.05, 0.1) is 28.3 Å². The predicted molar refractivity (Wildman–Crippen MR) is 110 cm³/mol. The van der Waals surface area contributed by atoms with Crippen LogP contribution in [0.15, 0.2) is 53.4 Å². The summed E-state index contributed by atoms with van der Waals surface area (Å²) in [4.78, 5) is 36.6. The number of anilines is 2. The average molecular weight is 485 g/mol. The van der Waals surface area contributed by atoms with E-state index in [1.54, 1.807) is 24.3 Å². The number of sulfonamides is 1. The largest absolute Gasteiger partial charge is 0.456 e. The summed E-state index contributed by atoms with van der Waals surface area (Å²) in [6.07, 6.45) is -5.18. The Morgan fingerprint density at radius 2 is 1.85 bits per heavy atom. The van der Waals surface area contributed by atoms with Gasteiger partial charge >= 0.3 is 12.1 Å². The van der Waals surface area contributed by atoms with E-state index in [2.05, 4.69) is 5.32 Å². The van der Waals surface area contributed by atoms with Crippen LogP contribution in [0.25, 0.3) is 0 Å². The second-order valence-electron chi connectivity index (χ2n) is 6.88. The molecule has 0 atom stereocenters. The van der Waals surface area contributed by atoms with Crippen molar-refractivity contribution >= 4 is 39.2 Å². The fourth-order valence-corrected chi connectivity index (χ4v) is 4.04. The molecule has 33 heavy (non-hydrogen) atoms. The number of amides is 2. The lowest BCUT2D eigenvalue weighted by molar-refractivity contribution is -0.147. The van der Waals surface area contributed by atoms with Crippen molar-refractivity contribution in [3.8, 4) is 0 Å². The van der Waals surface area contributed by atoms with Crippen LogP contribution in [-0.2, 0) is 35.3 Å². The SMILES string of the molecule is O=C1CN(C(=O)COC(=O)CCNS(=O)(=O)c2cccc(C(F)(F)F)c2)c2ccccc2N1. The Bertz CT molecular complexity index is 1180. The van der Waals surface area contributed by atoms with Gasteiger partial charge in [-0.1, -0.05) is 18.2 Å². The number of benzene rings is 2. The number of carbonyl (C=O) groups excluding carboxylic acids is 3. The van der Waals surface area contributed by atoms with E-state index in [4.69, 9.17) is 4.74 Å². The third-order valence-corrected chi connectivity index (χ3v) is 5.98. The number of halogens is 3. The molecule has 1 heterocycles. The van der Waals surface area contributed by atoms with Crippen molar-refractivity contribution in [3.63, 3.8) is 0 Å². The molecular formula is C20H18F3N3O6S. The highest BCUT2D eigenvalue weighted by Crippen LogP contribution is 2.30. The molecule has 2 aromatic rings. The van der Waals surface area contributed by atoms with Gasteiger partial charge in [-0.3, -0.25) is 19.3 Å². The lowest BCUT2D eigenvalue weighted by atomic mass is 10.2. The molecule has 2 amide bonds. The molecule has 0 saturated heterocycles. The van der Waals surface area contributed by atoms with Gasteiger partial charge in [0.2, 0.25) is 15.9 Å². The fourth-order valence-electron chi connectivity index (χ4n) is 2.96. The van der Waals surface area contributed by atoms with Crippen LogP contribution < -0.4 is 14.9 Å². The lowest BCUT2D eigenvalue weighted by Gasteiger charge is -2.28. The highest BCUT2D eigenvalue weighted by molar-refractivity contribution is 7.89. The molecule has 0 bridgehead atoms. The second kappa shape index (κ2) is 9.58. The third kappa shape index (κ3) is 6.08. The summed E-state index contributed by atoms with van der Waals surface area (Å²) in [5.74, 6) is -1.99. The van der Waals surface area contributed by atoms with Gasteiger partial charge in [0.25, 0.3) is 5.91 Å². The van der Waals surface area contributed by atoms with Crippen molar-refractivity contribution in [3.05, 3.63) is 54.1 Å². The summed E-state index contributed by atoms with van der Waals surface area (Å²) < 4.78 is 69.5. The van der Waals surface area contributed by atoms with Gasteiger partial charge in [0, 0.05) is 6.54 Å². The minimum Gasteiger partial charge on any atom is -0.456 e. The van der Waals surface area contributed by atoms with Crippen molar-refractivity contribution < 1.29 is 40.7 Å². The molecule has 0 radical (unpaired) electrons. The van der Waals surface area contributed by atoms with E-state index in [-0.39, 0.29) is 6.54 Å². The van der Waals surface area contributed by atoms with Crippen LogP contribution in [0.2, 0.25) is 0 Å². The molecule has 0 saturated carbocycles. The number of nitrogens with one attached hydrogen (secondary N) is 2. The first-order valence-electron chi connectivity index (χ1n) is 9.49. The molecule has 0 aliphatic carbocycles. The number of ether oxygens (including phenoxy) is 1. The van der Waals surface area contributed by atoms with Crippen LogP contribution in [0.1, 0.15) is 12.0 Å². The molecule has 1 aliphatic heterocycles. The van der Waals surface area contributed by atoms with E-state index >= 15 is 0 Å². The molecule has 13 heteroatoms. The van der Waals surface area contributed by atoms with Crippen LogP contribution in [0.5, 0.6) is 0 Å². The van der Waals surface area contributed by atoms with Crippen LogP contribution in [-0.4, -0.2) is 45.9 Å². The van der Waals surface area contributed by atoms with Crippen LogP contribution in [0.4, 0.5) is 24.5 Å². The van der Waals surface area contributed by atoms with Crippen molar-refractivity contribution in [1.82, 2.24) is 4.72 Å². The lowest BCUT2D eigenvalue weighted by Crippen LogP contribution is -2.44. The number of nitrogens with zero attached hydrogens (tertiary/aromatic N) is 1. The fraction of sp³-hybridized carbons (Fsp3) is 0.250. The van der Waals surface area contributed by atoms with E-state index in [1.807, 2.05) is 4.72 Å². The Labute approximate surface area is 186 Å². The van der Waals surface area contributed by atoms with Gasteiger partial charge in [-0.25, -0.2) is 13.1 Å². The number of esters is 1. The van der Waals surface area contributed by atoms with Gasteiger partial charge < -0.3 is 10.1 Å². The normalized spacial score (nSPS) is 13.8. The number of hydrogen-bond acceptors (Lipinski definition) is 6. The summed E-state index contributed by atoms with van der Waals surface area (Å²) >= 11 is 0. The monoisotopic (exact) mass is 485 g/mol. The first-order valence-corrected chi connectivity index (χ1v) is 11.0. The summed E-state index contributed by atoms with van der Waals surface area (Å²) in [6.45, 7) is -1.40. The summed E-state index contributed by atoms with van der Waals surface area (Å²) in [5.41, 5.74) is -0.263. The number of alkyl halides is 3. The van der Waals surface area contributed by atoms with Gasteiger partial charge in [0.1, 0.15) is 6.54 Å². The zero-order valence-corrected chi connectivity index (χ0v) is 17.7. The van der Waals surface area contributed by atoms with Crippen molar-refractivity contribution in [2.75, 3.05) is 29.9 Å². The average Bonchev–Trinajstić information content (AvgIpc) is 2.76. The van der Waals surface area contributed by atoms with Crippen LogP contribution in [0, 0.1) is 0 Å². The number of fused-ring (bicyclic) bond motifs is 1.